The second kappa shape index (κ2) is 4.94. The summed E-state index contributed by atoms with van der Waals surface area (Å²) in [6.45, 7) is 0. The molecule has 0 saturated heterocycles. The molecule has 0 aliphatic heterocycles. The molecule has 2 rings (SSSR count). The molecule has 0 amide bonds. The quantitative estimate of drug-likeness (QED) is 0.894. The Labute approximate surface area is 106 Å². The third-order valence-corrected chi connectivity index (χ3v) is 3.16. The minimum absolute atomic E-state index is 0.376. The number of aliphatic hydroxyl groups excluding tert-OH is 1. The van der Waals surface area contributed by atoms with Crippen LogP contribution in [0.5, 0.6) is 0 Å². The van der Waals surface area contributed by atoms with Crippen molar-refractivity contribution in [2.45, 2.75) is 6.10 Å². The second-order valence-electron chi connectivity index (χ2n) is 3.62. The van der Waals surface area contributed by atoms with Gasteiger partial charge in [-0.25, -0.2) is 8.78 Å². The molecule has 88 valence electrons. The summed E-state index contributed by atoms with van der Waals surface area (Å²) in [4.78, 5) is 0. The molecule has 1 nitrogen and oxygen atoms in total. The first kappa shape index (κ1) is 12.2. The maximum absolute atomic E-state index is 13.1. The van der Waals surface area contributed by atoms with Crippen LogP contribution < -0.4 is 0 Å². The zero-order valence-electron chi connectivity index (χ0n) is 8.70. The highest BCUT2D eigenvalue weighted by atomic mass is 79.9. The van der Waals surface area contributed by atoms with Crippen LogP contribution in [0.3, 0.4) is 0 Å². The van der Waals surface area contributed by atoms with Crippen LogP contribution in [0.2, 0.25) is 0 Å². The molecule has 2 aromatic carbocycles. The van der Waals surface area contributed by atoms with Gasteiger partial charge in [0.05, 0.1) is 0 Å². The van der Waals surface area contributed by atoms with Gasteiger partial charge >= 0.3 is 0 Å². The molecule has 4 heteroatoms. The Morgan fingerprint density at radius 1 is 0.941 bits per heavy atom. The maximum atomic E-state index is 13.1. The van der Waals surface area contributed by atoms with Gasteiger partial charge < -0.3 is 5.11 Å². The normalized spacial score (nSPS) is 12.5. The number of rotatable bonds is 2. The Morgan fingerprint density at radius 3 is 2.18 bits per heavy atom. The highest BCUT2D eigenvalue weighted by molar-refractivity contribution is 9.10. The number of halogens is 3. The van der Waals surface area contributed by atoms with Crippen LogP contribution in [0, 0.1) is 11.6 Å². The number of hydrogen-bond acceptors (Lipinski definition) is 1. The van der Waals surface area contributed by atoms with Gasteiger partial charge in [-0.2, -0.15) is 0 Å². The average molecular weight is 299 g/mol. The van der Waals surface area contributed by atoms with E-state index < -0.39 is 11.9 Å². The minimum Gasteiger partial charge on any atom is -0.384 e. The van der Waals surface area contributed by atoms with Crippen LogP contribution >= 0.6 is 15.9 Å². The summed E-state index contributed by atoms with van der Waals surface area (Å²) in [5, 5.41) is 10.1. The molecule has 1 unspecified atom stereocenters. The first-order chi connectivity index (χ1) is 8.08. The van der Waals surface area contributed by atoms with Gasteiger partial charge in [-0.1, -0.05) is 28.1 Å². The highest BCUT2D eigenvalue weighted by Gasteiger charge is 2.14. The molecule has 0 aliphatic rings. The molecule has 1 atom stereocenters. The molecule has 17 heavy (non-hydrogen) atoms. The van der Waals surface area contributed by atoms with Gasteiger partial charge in [-0.3, -0.25) is 0 Å². The van der Waals surface area contributed by atoms with E-state index in [-0.39, 0.29) is 5.82 Å². The Bertz CT molecular complexity index is 525. The third-order valence-electron chi connectivity index (χ3n) is 2.44. The van der Waals surface area contributed by atoms with Crippen molar-refractivity contribution in [2.24, 2.45) is 0 Å². The van der Waals surface area contributed by atoms with Gasteiger partial charge in [0.25, 0.3) is 0 Å². The van der Waals surface area contributed by atoms with Gasteiger partial charge in [0.1, 0.15) is 17.7 Å². The highest BCUT2D eigenvalue weighted by Crippen LogP contribution is 2.29. The summed E-state index contributed by atoms with van der Waals surface area (Å²) in [6, 6.07) is 9.52. The van der Waals surface area contributed by atoms with Crippen molar-refractivity contribution in [3.8, 4) is 0 Å². The van der Waals surface area contributed by atoms with E-state index in [4.69, 9.17) is 0 Å². The summed E-state index contributed by atoms with van der Waals surface area (Å²) in [7, 11) is 0. The van der Waals surface area contributed by atoms with Gasteiger partial charge in [-0.15, -0.1) is 0 Å². The molecular weight excluding hydrogens is 290 g/mol. The molecule has 0 aromatic heterocycles. The smallest absolute Gasteiger partial charge is 0.123 e. The molecule has 1 N–H and O–H groups in total. The standard InChI is InChI=1S/C13H9BrF2O/c14-12-6-5-10(16)7-11(12)13(17)8-1-3-9(15)4-2-8/h1-7,13,17H. The summed E-state index contributed by atoms with van der Waals surface area (Å²) in [5.41, 5.74) is 0.925. The van der Waals surface area contributed by atoms with Crippen molar-refractivity contribution in [3.05, 3.63) is 69.7 Å². The predicted molar refractivity (Wildman–Crippen MR) is 64.6 cm³/mol. The van der Waals surface area contributed by atoms with Crippen molar-refractivity contribution < 1.29 is 13.9 Å². The first-order valence-corrected chi connectivity index (χ1v) is 5.75. The van der Waals surface area contributed by atoms with Crippen LogP contribution in [0.1, 0.15) is 17.2 Å². The zero-order valence-corrected chi connectivity index (χ0v) is 10.3. The van der Waals surface area contributed by atoms with E-state index >= 15 is 0 Å². The summed E-state index contributed by atoms with van der Waals surface area (Å²) >= 11 is 3.24. The van der Waals surface area contributed by atoms with Crippen LogP contribution in [-0.2, 0) is 0 Å². The number of benzene rings is 2. The van der Waals surface area contributed by atoms with E-state index in [0.29, 0.717) is 15.6 Å². The van der Waals surface area contributed by atoms with E-state index in [1.165, 1.54) is 42.5 Å². The molecular formula is C13H9BrF2O. The fourth-order valence-electron chi connectivity index (χ4n) is 1.55. The van der Waals surface area contributed by atoms with Crippen LogP contribution in [0.15, 0.2) is 46.9 Å². The summed E-state index contributed by atoms with van der Waals surface area (Å²) < 4.78 is 26.4. The van der Waals surface area contributed by atoms with Gasteiger partial charge in [-0.05, 0) is 35.9 Å². The second-order valence-corrected chi connectivity index (χ2v) is 4.47. The molecule has 0 fully saturated rings. The van der Waals surface area contributed by atoms with E-state index in [1.54, 1.807) is 0 Å². The molecule has 2 aromatic rings. The lowest BCUT2D eigenvalue weighted by Gasteiger charge is -2.13. The lowest BCUT2D eigenvalue weighted by molar-refractivity contribution is 0.219. The molecule has 0 bridgehead atoms. The third kappa shape index (κ3) is 2.70. The van der Waals surface area contributed by atoms with Crippen molar-refractivity contribution in [1.29, 1.82) is 0 Å². The van der Waals surface area contributed by atoms with Gasteiger partial charge in [0, 0.05) is 10.0 Å². The first-order valence-electron chi connectivity index (χ1n) is 4.96. The fraction of sp³-hybridized carbons (Fsp3) is 0.0769. The summed E-state index contributed by atoms with van der Waals surface area (Å²) in [5.74, 6) is -0.802. The summed E-state index contributed by atoms with van der Waals surface area (Å²) in [6.07, 6.45) is -0.985. The SMILES string of the molecule is OC(c1ccc(F)cc1)c1cc(F)ccc1Br. The fourth-order valence-corrected chi connectivity index (χ4v) is 2.01. The topological polar surface area (TPSA) is 20.2 Å². The van der Waals surface area contributed by atoms with E-state index in [0.717, 1.165) is 0 Å². The molecule has 0 heterocycles. The van der Waals surface area contributed by atoms with Crippen LogP contribution in [0.4, 0.5) is 8.78 Å². The average Bonchev–Trinajstić information content (AvgIpc) is 2.32. The van der Waals surface area contributed by atoms with E-state index in [2.05, 4.69) is 15.9 Å². The van der Waals surface area contributed by atoms with Crippen LogP contribution in [0.25, 0.3) is 0 Å². The molecule has 0 saturated carbocycles. The number of hydrogen-bond donors (Lipinski definition) is 1. The predicted octanol–water partition coefficient (Wildman–Crippen LogP) is 3.81. The van der Waals surface area contributed by atoms with Crippen molar-refractivity contribution in [2.75, 3.05) is 0 Å². The molecule has 0 spiro atoms. The van der Waals surface area contributed by atoms with Crippen LogP contribution in [-0.4, -0.2) is 5.11 Å². The Balaban J connectivity index is 2.39. The number of aliphatic hydroxyl groups is 1. The van der Waals surface area contributed by atoms with Crippen molar-refractivity contribution in [3.63, 3.8) is 0 Å². The van der Waals surface area contributed by atoms with E-state index in [1.807, 2.05) is 0 Å². The van der Waals surface area contributed by atoms with Gasteiger partial charge in [0.15, 0.2) is 0 Å². The Kier molecular flexibility index (Phi) is 3.54. The van der Waals surface area contributed by atoms with Gasteiger partial charge in [0.2, 0.25) is 0 Å². The Hall–Kier alpha value is -1.26. The Morgan fingerprint density at radius 2 is 1.53 bits per heavy atom. The molecule has 0 aliphatic carbocycles. The lowest BCUT2D eigenvalue weighted by Crippen LogP contribution is -2.01. The maximum Gasteiger partial charge on any atom is 0.123 e. The zero-order chi connectivity index (χ0) is 12.4. The largest absolute Gasteiger partial charge is 0.384 e. The lowest BCUT2D eigenvalue weighted by atomic mass is 10.0. The van der Waals surface area contributed by atoms with E-state index in [9.17, 15) is 13.9 Å². The van der Waals surface area contributed by atoms with Crippen molar-refractivity contribution >= 4 is 15.9 Å². The molecule has 0 radical (unpaired) electrons. The van der Waals surface area contributed by atoms with Crippen molar-refractivity contribution in [1.82, 2.24) is 0 Å². The monoisotopic (exact) mass is 298 g/mol. The minimum atomic E-state index is -0.985.